The first-order valence-corrected chi connectivity index (χ1v) is 6.00. The molecule has 1 fully saturated rings. The highest BCUT2D eigenvalue weighted by Gasteiger charge is 2.32. The zero-order valence-electron chi connectivity index (χ0n) is 10.1. The molecule has 0 radical (unpaired) electrons. The molecule has 0 unspecified atom stereocenters. The van der Waals surface area contributed by atoms with Gasteiger partial charge in [-0.3, -0.25) is 0 Å². The summed E-state index contributed by atoms with van der Waals surface area (Å²) in [5, 5.41) is 0. The fourth-order valence-electron chi connectivity index (χ4n) is 2.44. The van der Waals surface area contributed by atoms with Crippen LogP contribution in [-0.4, -0.2) is 31.1 Å². The second kappa shape index (κ2) is 5.13. The lowest BCUT2D eigenvalue weighted by Gasteiger charge is -2.40. The van der Waals surface area contributed by atoms with Gasteiger partial charge in [0.15, 0.2) is 0 Å². The molecule has 0 heterocycles. The van der Waals surface area contributed by atoms with Crippen LogP contribution in [0.3, 0.4) is 0 Å². The SMILES string of the molecule is CC(C)N(C)CC1(CN)CCCCC1. The van der Waals surface area contributed by atoms with E-state index in [9.17, 15) is 0 Å². The van der Waals surface area contributed by atoms with Gasteiger partial charge in [0.1, 0.15) is 0 Å². The van der Waals surface area contributed by atoms with Crippen LogP contribution in [0.15, 0.2) is 0 Å². The van der Waals surface area contributed by atoms with Crippen molar-refractivity contribution in [3.63, 3.8) is 0 Å². The van der Waals surface area contributed by atoms with Crippen molar-refractivity contribution in [2.24, 2.45) is 11.1 Å². The maximum atomic E-state index is 5.96. The Kier molecular flexibility index (Phi) is 4.39. The van der Waals surface area contributed by atoms with E-state index < -0.39 is 0 Å². The van der Waals surface area contributed by atoms with Gasteiger partial charge in [-0.05, 0) is 45.7 Å². The van der Waals surface area contributed by atoms with Gasteiger partial charge in [0.25, 0.3) is 0 Å². The van der Waals surface area contributed by atoms with Crippen molar-refractivity contribution in [2.75, 3.05) is 20.1 Å². The van der Waals surface area contributed by atoms with Gasteiger partial charge in [-0.15, -0.1) is 0 Å². The zero-order valence-corrected chi connectivity index (χ0v) is 10.1. The molecule has 1 rings (SSSR count). The third kappa shape index (κ3) is 2.96. The summed E-state index contributed by atoms with van der Waals surface area (Å²) in [4.78, 5) is 2.44. The van der Waals surface area contributed by atoms with Gasteiger partial charge in [-0.2, -0.15) is 0 Å². The fourth-order valence-corrected chi connectivity index (χ4v) is 2.44. The molecule has 0 spiro atoms. The van der Waals surface area contributed by atoms with Crippen LogP contribution >= 0.6 is 0 Å². The lowest BCUT2D eigenvalue weighted by Crippen LogP contribution is -2.44. The van der Waals surface area contributed by atoms with Gasteiger partial charge in [0.2, 0.25) is 0 Å². The van der Waals surface area contributed by atoms with Crippen molar-refractivity contribution in [2.45, 2.75) is 52.0 Å². The number of nitrogens with two attached hydrogens (primary N) is 1. The Hall–Kier alpha value is -0.0800. The molecule has 14 heavy (non-hydrogen) atoms. The molecular formula is C12H26N2. The van der Waals surface area contributed by atoms with Crippen molar-refractivity contribution in [3.8, 4) is 0 Å². The van der Waals surface area contributed by atoms with E-state index in [0.717, 1.165) is 6.54 Å². The van der Waals surface area contributed by atoms with Gasteiger partial charge in [0.05, 0.1) is 0 Å². The van der Waals surface area contributed by atoms with E-state index in [0.29, 0.717) is 11.5 Å². The summed E-state index contributed by atoms with van der Waals surface area (Å²) >= 11 is 0. The third-order valence-electron chi connectivity index (χ3n) is 3.81. The van der Waals surface area contributed by atoms with E-state index in [1.54, 1.807) is 0 Å². The number of rotatable bonds is 4. The molecule has 0 aromatic heterocycles. The largest absolute Gasteiger partial charge is 0.330 e. The van der Waals surface area contributed by atoms with Crippen LogP contribution in [0.5, 0.6) is 0 Å². The molecule has 0 aliphatic heterocycles. The summed E-state index contributed by atoms with van der Waals surface area (Å²) in [6.45, 7) is 6.56. The third-order valence-corrected chi connectivity index (χ3v) is 3.81. The van der Waals surface area contributed by atoms with Crippen LogP contribution < -0.4 is 5.73 Å². The Labute approximate surface area is 88.8 Å². The molecule has 0 amide bonds. The van der Waals surface area contributed by atoms with Crippen LogP contribution in [0.25, 0.3) is 0 Å². The molecule has 1 saturated carbocycles. The van der Waals surface area contributed by atoms with Crippen LogP contribution in [0, 0.1) is 5.41 Å². The van der Waals surface area contributed by atoms with Crippen LogP contribution in [0.2, 0.25) is 0 Å². The lowest BCUT2D eigenvalue weighted by molar-refractivity contribution is 0.110. The van der Waals surface area contributed by atoms with Crippen molar-refractivity contribution < 1.29 is 0 Å². The minimum atomic E-state index is 0.428. The minimum Gasteiger partial charge on any atom is -0.330 e. The van der Waals surface area contributed by atoms with Crippen molar-refractivity contribution in [3.05, 3.63) is 0 Å². The summed E-state index contributed by atoms with van der Waals surface area (Å²) in [5.41, 5.74) is 6.39. The monoisotopic (exact) mass is 198 g/mol. The number of hydrogen-bond donors (Lipinski definition) is 1. The lowest BCUT2D eigenvalue weighted by atomic mass is 9.73. The van der Waals surface area contributed by atoms with E-state index in [4.69, 9.17) is 5.73 Å². The second-order valence-corrected chi connectivity index (χ2v) is 5.27. The molecule has 0 bridgehead atoms. The van der Waals surface area contributed by atoms with Gasteiger partial charge in [0, 0.05) is 12.6 Å². The van der Waals surface area contributed by atoms with Crippen molar-refractivity contribution in [1.29, 1.82) is 0 Å². The maximum absolute atomic E-state index is 5.96. The van der Waals surface area contributed by atoms with Crippen molar-refractivity contribution >= 4 is 0 Å². The maximum Gasteiger partial charge on any atom is 0.00497 e. The highest BCUT2D eigenvalue weighted by molar-refractivity contribution is 4.86. The predicted octanol–water partition coefficient (Wildman–Crippen LogP) is 2.24. The molecule has 0 aromatic carbocycles. The van der Waals surface area contributed by atoms with E-state index in [1.807, 2.05) is 0 Å². The molecule has 84 valence electrons. The first kappa shape index (κ1) is 12.0. The summed E-state index contributed by atoms with van der Waals surface area (Å²) in [7, 11) is 2.22. The predicted molar refractivity (Wildman–Crippen MR) is 62.3 cm³/mol. The van der Waals surface area contributed by atoms with Crippen LogP contribution in [0.1, 0.15) is 46.0 Å². The van der Waals surface area contributed by atoms with Crippen LogP contribution in [0.4, 0.5) is 0 Å². The summed E-state index contributed by atoms with van der Waals surface area (Å²) in [6.07, 6.45) is 6.83. The first-order chi connectivity index (χ1) is 6.59. The van der Waals surface area contributed by atoms with E-state index >= 15 is 0 Å². The van der Waals surface area contributed by atoms with E-state index in [2.05, 4.69) is 25.8 Å². The topological polar surface area (TPSA) is 29.3 Å². The zero-order chi connectivity index (χ0) is 10.6. The molecular weight excluding hydrogens is 172 g/mol. The Morgan fingerprint density at radius 1 is 1.21 bits per heavy atom. The molecule has 2 nitrogen and oxygen atoms in total. The fraction of sp³-hybridized carbons (Fsp3) is 1.00. The van der Waals surface area contributed by atoms with Gasteiger partial charge < -0.3 is 10.6 Å². The smallest absolute Gasteiger partial charge is 0.00497 e. The number of hydrogen-bond acceptors (Lipinski definition) is 2. The van der Waals surface area contributed by atoms with Crippen LogP contribution in [-0.2, 0) is 0 Å². The Balaban J connectivity index is 2.51. The molecule has 2 heteroatoms. The van der Waals surface area contributed by atoms with E-state index in [-0.39, 0.29) is 0 Å². The standard InChI is InChI=1S/C12H26N2/c1-11(2)14(3)10-12(9-13)7-5-4-6-8-12/h11H,4-10,13H2,1-3H3. The molecule has 2 N–H and O–H groups in total. The molecule has 1 aliphatic rings. The highest BCUT2D eigenvalue weighted by Crippen LogP contribution is 2.36. The Bertz CT molecular complexity index is 160. The number of nitrogens with zero attached hydrogens (tertiary/aromatic N) is 1. The average molecular weight is 198 g/mol. The highest BCUT2D eigenvalue weighted by atomic mass is 15.1. The molecule has 0 atom stereocenters. The summed E-state index contributed by atoms with van der Waals surface area (Å²) < 4.78 is 0. The molecule has 1 aliphatic carbocycles. The minimum absolute atomic E-state index is 0.428. The first-order valence-electron chi connectivity index (χ1n) is 6.00. The molecule has 0 saturated heterocycles. The van der Waals surface area contributed by atoms with Gasteiger partial charge in [-0.25, -0.2) is 0 Å². The van der Waals surface area contributed by atoms with Crippen molar-refractivity contribution in [1.82, 2.24) is 4.90 Å². The Morgan fingerprint density at radius 3 is 2.21 bits per heavy atom. The summed E-state index contributed by atoms with van der Waals surface area (Å²) in [5.74, 6) is 0. The summed E-state index contributed by atoms with van der Waals surface area (Å²) in [6, 6.07) is 0.639. The Morgan fingerprint density at radius 2 is 1.79 bits per heavy atom. The second-order valence-electron chi connectivity index (χ2n) is 5.27. The van der Waals surface area contributed by atoms with E-state index in [1.165, 1.54) is 38.6 Å². The average Bonchev–Trinajstić information content (AvgIpc) is 2.19. The molecule has 0 aromatic rings. The quantitative estimate of drug-likeness (QED) is 0.750. The normalized spacial score (nSPS) is 21.9. The van der Waals surface area contributed by atoms with Gasteiger partial charge >= 0.3 is 0 Å². The van der Waals surface area contributed by atoms with Gasteiger partial charge in [-0.1, -0.05) is 19.3 Å².